The summed E-state index contributed by atoms with van der Waals surface area (Å²) in [5.74, 6) is -0.0553. The lowest BCUT2D eigenvalue weighted by Gasteiger charge is -2.28. The van der Waals surface area contributed by atoms with Gasteiger partial charge in [-0.05, 0) is 41.3 Å². The Kier molecular flexibility index (Phi) is 5.66. The van der Waals surface area contributed by atoms with E-state index >= 15 is 0 Å². The molecule has 2 aromatic rings. The topological polar surface area (TPSA) is 78.9 Å². The first kappa shape index (κ1) is 17.7. The molecule has 0 radical (unpaired) electrons. The largest absolute Gasteiger partial charge is 0.484 e. The summed E-state index contributed by atoms with van der Waals surface area (Å²) in [6, 6.07) is 15.3. The third kappa shape index (κ3) is 4.49. The SMILES string of the molecule is O=C(COc1ccc2c(c1)CCN(C(=O)C=Cc1ccccc1)C2)NO. The molecule has 3 rings (SSSR count). The Hall–Kier alpha value is -3.12. The highest BCUT2D eigenvalue weighted by Gasteiger charge is 2.19. The molecule has 2 N–H and O–H groups in total. The van der Waals surface area contributed by atoms with E-state index in [9.17, 15) is 9.59 Å². The molecule has 6 nitrogen and oxygen atoms in total. The summed E-state index contributed by atoms with van der Waals surface area (Å²) in [7, 11) is 0. The van der Waals surface area contributed by atoms with Gasteiger partial charge < -0.3 is 9.64 Å². The summed E-state index contributed by atoms with van der Waals surface area (Å²) >= 11 is 0. The van der Waals surface area contributed by atoms with Gasteiger partial charge in [-0.2, -0.15) is 0 Å². The van der Waals surface area contributed by atoms with Crippen molar-refractivity contribution in [2.45, 2.75) is 13.0 Å². The van der Waals surface area contributed by atoms with Gasteiger partial charge in [0.2, 0.25) is 5.91 Å². The van der Waals surface area contributed by atoms with E-state index in [4.69, 9.17) is 9.94 Å². The maximum Gasteiger partial charge on any atom is 0.281 e. The van der Waals surface area contributed by atoms with Gasteiger partial charge in [0.25, 0.3) is 5.91 Å². The number of ether oxygens (including phenoxy) is 1. The van der Waals surface area contributed by atoms with Crippen LogP contribution in [0.1, 0.15) is 16.7 Å². The maximum absolute atomic E-state index is 12.4. The van der Waals surface area contributed by atoms with Crippen molar-refractivity contribution in [1.82, 2.24) is 10.4 Å². The standard InChI is InChI=1S/C20H20N2O4/c23-19(21-25)14-26-18-8-7-17-13-22(11-10-16(17)12-18)20(24)9-6-15-4-2-1-3-5-15/h1-9,12,25H,10-11,13-14H2,(H,21,23). The minimum atomic E-state index is -0.607. The highest BCUT2D eigenvalue weighted by atomic mass is 16.5. The minimum Gasteiger partial charge on any atom is -0.484 e. The molecule has 0 atom stereocenters. The number of carbonyl (C=O) groups excluding carboxylic acids is 2. The van der Waals surface area contributed by atoms with Crippen molar-refractivity contribution in [2.24, 2.45) is 0 Å². The van der Waals surface area contributed by atoms with Crippen LogP contribution in [0.15, 0.2) is 54.6 Å². The molecule has 0 saturated carbocycles. The first-order valence-corrected chi connectivity index (χ1v) is 8.35. The van der Waals surface area contributed by atoms with Gasteiger partial charge in [-0.3, -0.25) is 14.8 Å². The van der Waals surface area contributed by atoms with Gasteiger partial charge in [-0.15, -0.1) is 0 Å². The number of benzene rings is 2. The zero-order valence-corrected chi connectivity index (χ0v) is 14.2. The van der Waals surface area contributed by atoms with Crippen molar-refractivity contribution in [3.05, 3.63) is 71.3 Å². The molecule has 6 heteroatoms. The molecule has 1 aliphatic heterocycles. The summed E-state index contributed by atoms with van der Waals surface area (Å²) in [5, 5.41) is 8.48. The molecule has 0 spiro atoms. The summed E-state index contributed by atoms with van der Waals surface area (Å²) < 4.78 is 5.32. The van der Waals surface area contributed by atoms with E-state index in [0.29, 0.717) is 18.8 Å². The smallest absolute Gasteiger partial charge is 0.281 e. The number of rotatable bonds is 5. The van der Waals surface area contributed by atoms with Crippen molar-refractivity contribution in [3.63, 3.8) is 0 Å². The monoisotopic (exact) mass is 352 g/mol. The van der Waals surface area contributed by atoms with Crippen LogP contribution >= 0.6 is 0 Å². The van der Waals surface area contributed by atoms with Gasteiger partial charge in [0, 0.05) is 19.2 Å². The number of fused-ring (bicyclic) bond motifs is 1. The molecular weight excluding hydrogens is 332 g/mol. The molecule has 26 heavy (non-hydrogen) atoms. The van der Waals surface area contributed by atoms with Crippen molar-refractivity contribution in [2.75, 3.05) is 13.2 Å². The quantitative estimate of drug-likeness (QED) is 0.491. The van der Waals surface area contributed by atoms with Gasteiger partial charge >= 0.3 is 0 Å². The summed E-state index contributed by atoms with van der Waals surface area (Å²) in [6.45, 7) is 0.931. The van der Waals surface area contributed by atoms with E-state index in [1.807, 2.05) is 53.4 Å². The molecule has 0 fully saturated rings. The van der Waals surface area contributed by atoms with E-state index in [1.54, 1.807) is 12.1 Å². The predicted molar refractivity (Wildman–Crippen MR) is 96.5 cm³/mol. The molecule has 1 heterocycles. The number of hydrogen-bond acceptors (Lipinski definition) is 4. The molecular formula is C20H20N2O4. The average molecular weight is 352 g/mol. The van der Waals surface area contributed by atoms with Crippen LogP contribution in [-0.4, -0.2) is 35.1 Å². The van der Waals surface area contributed by atoms with E-state index in [2.05, 4.69) is 0 Å². The van der Waals surface area contributed by atoms with Crippen molar-refractivity contribution < 1.29 is 19.5 Å². The molecule has 134 valence electrons. The number of nitrogens with one attached hydrogen (secondary N) is 1. The molecule has 0 bridgehead atoms. The number of nitrogens with zero attached hydrogens (tertiary/aromatic N) is 1. The first-order valence-electron chi connectivity index (χ1n) is 8.35. The molecule has 2 amide bonds. The summed E-state index contributed by atoms with van der Waals surface area (Å²) in [5.41, 5.74) is 4.68. The highest BCUT2D eigenvalue weighted by Crippen LogP contribution is 2.24. The van der Waals surface area contributed by atoms with E-state index in [-0.39, 0.29) is 12.5 Å². The molecule has 0 aliphatic carbocycles. The number of hydroxylamine groups is 1. The lowest BCUT2D eigenvalue weighted by atomic mass is 9.99. The molecule has 0 unspecified atom stereocenters. The van der Waals surface area contributed by atoms with Crippen LogP contribution in [0.2, 0.25) is 0 Å². The zero-order chi connectivity index (χ0) is 18.4. The van der Waals surface area contributed by atoms with Crippen LogP contribution in [0, 0.1) is 0 Å². The lowest BCUT2D eigenvalue weighted by molar-refractivity contribution is -0.131. The Morgan fingerprint density at radius 3 is 2.73 bits per heavy atom. The van der Waals surface area contributed by atoms with Gasteiger partial charge in [-0.1, -0.05) is 36.4 Å². The van der Waals surface area contributed by atoms with E-state index in [1.165, 1.54) is 5.48 Å². The van der Waals surface area contributed by atoms with Crippen LogP contribution in [-0.2, 0) is 22.6 Å². The first-order chi connectivity index (χ1) is 12.7. The van der Waals surface area contributed by atoms with Gasteiger partial charge in [0.05, 0.1) is 0 Å². The van der Waals surface area contributed by atoms with E-state index < -0.39 is 5.91 Å². The Balaban J connectivity index is 1.61. The molecule has 2 aromatic carbocycles. The molecule has 1 aliphatic rings. The average Bonchev–Trinajstić information content (AvgIpc) is 2.70. The molecule has 0 saturated heterocycles. The normalized spacial score (nSPS) is 13.3. The summed E-state index contributed by atoms with van der Waals surface area (Å²) in [6.07, 6.45) is 4.15. The Morgan fingerprint density at radius 2 is 1.96 bits per heavy atom. The Morgan fingerprint density at radius 1 is 1.15 bits per heavy atom. The van der Waals surface area contributed by atoms with Gasteiger partial charge in [-0.25, -0.2) is 5.48 Å². The zero-order valence-electron chi connectivity index (χ0n) is 14.2. The number of hydrogen-bond donors (Lipinski definition) is 2. The highest BCUT2D eigenvalue weighted by molar-refractivity contribution is 5.91. The van der Waals surface area contributed by atoms with Gasteiger partial charge in [0.1, 0.15) is 5.75 Å². The minimum absolute atomic E-state index is 0.0144. The third-order valence-corrected chi connectivity index (χ3v) is 4.21. The van der Waals surface area contributed by atoms with Gasteiger partial charge in [0.15, 0.2) is 6.61 Å². The van der Waals surface area contributed by atoms with E-state index in [0.717, 1.165) is 23.1 Å². The van der Waals surface area contributed by atoms with Crippen LogP contribution in [0.25, 0.3) is 6.08 Å². The maximum atomic E-state index is 12.4. The number of carbonyl (C=O) groups is 2. The van der Waals surface area contributed by atoms with Crippen LogP contribution in [0.3, 0.4) is 0 Å². The fraction of sp³-hybridized carbons (Fsp3) is 0.200. The molecule has 0 aromatic heterocycles. The third-order valence-electron chi connectivity index (χ3n) is 4.21. The van der Waals surface area contributed by atoms with Crippen LogP contribution in [0.4, 0.5) is 0 Å². The second-order valence-corrected chi connectivity index (χ2v) is 6.01. The van der Waals surface area contributed by atoms with Crippen LogP contribution < -0.4 is 10.2 Å². The Labute approximate surface area is 151 Å². The fourth-order valence-electron chi connectivity index (χ4n) is 2.83. The van der Waals surface area contributed by atoms with Crippen LogP contribution in [0.5, 0.6) is 5.75 Å². The van der Waals surface area contributed by atoms with Crippen molar-refractivity contribution in [3.8, 4) is 5.75 Å². The summed E-state index contributed by atoms with van der Waals surface area (Å²) in [4.78, 5) is 25.2. The van der Waals surface area contributed by atoms with Crippen molar-refractivity contribution >= 4 is 17.9 Å². The van der Waals surface area contributed by atoms with Crippen molar-refractivity contribution in [1.29, 1.82) is 0 Å². The number of amides is 2. The second-order valence-electron chi connectivity index (χ2n) is 6.01. The second kappa shape index (κ2) is 8.31. The predicted octanol–water partition coefficient (Wildman–Crippen LogP) is 2.17. The lowest BCUT2D eigenvalue weighted by Crippen LogP contribution is -2.34. The Bertz CT molecular complexity index is 818. The fourth-order valence-corrected chi connectivity index (χ4v) is 2.83.